The van der Waals surface area contributed by atoms with Crippen molar-refractivity contribution in [2.45, 2.75) is 27.7 Å². The lowest BCUT2D eigenvalue weighted by molar-refractivity contribution is 1.34. The van der Waals surface area contributed by atoms with E-state index < -0.39 is 0 Å². The first-order valence-corrected chi connectivity index (χ1v) is 3.51. The molecule has 0 aliphatic heterocycles. The molecule has 0 aromatic heterocycles. The van der Waals surface area contributed by atoms with Crippen LogP contribution in [0.4, 0.5) is 0 Å². The van der Waals surface area contributed by atoms with E-state index in [2.05, 4.69) is 39.5 Å². The van der Waals surface area contributed by atoms with E-state index in [1.807, 2.05) is 6.92 Å². The van der Waals surface area contributed by atoms with Crippen molar-refractivity contribution in [2.24, 2.45) is 0 Å². The van der Waals surface area contributed by atoms with Crippen LogP contribution in [0.5, 0.6) is 0 Å². The quantitative estimate of drug-likeness (QED) is 0.510. The van der Waals surface area contributed by atoms with E-state index in [1.54, 1.807) is 0 Å². The summed E-state index contributed by atoms with van der Waals surface area (Å²) in [5, 5.41) is 0. The Balaban J connectivity index is 4.22. The van der Waals surface area contributed by atoms with E-state index in [1.165, 1.54) is 11.1 Å². The van der Waals surface area contributed by atoms with Crippen molar-refractivity contribution in [3.05, 3.63) is 35.5 Å². The molecule has 0 N–H and O–H groups in total. The van der Waals surface area contributed by atoms with Gasteiger partial charge in [-0.05, 0) is 27.7 Å². The largest absolute Gasteiger partial charge is 0.0961 e. The first-order valence-electron chi connectivity index (χ1n) is 3.51. The summed E-state index contributed by atoms with van der Waals surface area (Å²) in [5.74, 6) is 0. The first-order chi connectivity index (χ1) is 4.52. The molecule has 0 saturated carbocycles. The molecule has 0 saturated heterocycles. The minimum atomic E-state index is 1.11. The SMILES string of the molecule is C=C(C)C=C(C)C=C(C)C. The predicted molar refractivity (Wildman–Crippen MR) is 48.0 cm³/mol. The molecule has 0 aliphatic rings. The third-order valence-corrected chi connectivity index (χ3v) is 0.990. The molecule has 0 heteroatoms. The van der Waals surface area contributed by atoms with Crippen LogP contribution < -0.4 is 0 Å². The van der Waals surface area contributed by atoms with Crippen LogP contribution in [0.1, 0.15) is 27.7 Å². The van der Waals surface area contributed by atoms with Crippen molar-refractivity contribution in [3.63, 3.8) is 0 Å². The Hall–Kier alpha value is -0.780. The zero-order chi connectivity index (χ0) is 8.15. The lowest BCUT2D eigenvalue weighted by Gasteiger charge is -1.93. The molecule has 0 bridgehead atoms. The highest BCUT2D eigenvalue weighted by atomic mass is 13.9. The third kappa shape index (κ3) is 5.36. The van der Waals surface area contributed by atoms with Crippen LogP contribution in [0.3, 0.4) is 0 Å². The highest BCUT2D eigenvalue weighted by Crippen LogP contribution is 2.03. The highest BCUT2D eigenvalue weighted by Gasteiger charge is 1.82. The maximum atomic E-state index is 3.80. The van der Waals surface area contributed by atoms with Crippen LogP contribution in [0.2, 0.25) is 0 Å². The summed E-state index contributed by atoms with van der Waals surface area (Å²) in [6.07, 6.45) is 4.22. The van der Waals surface area contributed by atoms with Crippen molar-refractivity contribution < 1.29 is 0 Å². The van der Waals surface area contributed by atoms with Crippen molar-refractivity contribution >= 4 is 0 Å². The summed E-state index contributed by atoms with van der Waals surface area (Å²) < 4.78 is 0. The minimum Gasteiger partial charge on any atom is -0.0961 e. The topological polar surface area (TPSA) is 0 Å². The Morgan fingerprint density at radius 1 is 1.00 bits per heavy atom. The summed E-state index contributed by atoms with van der Waals surface area (Å²) >= 11 is 0. The fourth-order valence-corrected chi connectivity index (χ4v) is 0.886. The van der Waals surface area contributed by atoms with Gasteiger partial charge in [0.2, 0.25) is 0 Å². The van der Waals surface area contributed by atoms with Gasteiger partial charge < -0.3 is 0 Å². The summed E-state index contributed by atoms with van der Waals surface area (Å²) in [6, 6.07) is 0. The van der Waals surface area contributed by atoms with Crippen LogP contribution in [0, 0.1) is 0 Å². The van der Waals surface area contributed by atoms with Crippen LogP contribution >= 0.6 is 0 Å². The Bertz CT molecular complexity index is 176. The van der Waals surface area contributed by atoms with Gasteiger partial charge >= 0.3 is 0 Å². The fourth-order valence-electron chi connectivity index (χ4n) is 0.886. The van der Waals surface area contributed by atoms with Crippen molar-refractivity contribution in [1.82, 2.24) is 0 Å². The molecule has 0 spiro atoms. The third-order valence-electron chi connectivity index (χ3n) is 0.990. The number of hydrogen-bond acceptors (Lipinski definition) is 0. The average Bonchev–Trinajstić information content (AvgIpc) is 1.58. The lowest BCUT2D eigenvalue weighted by Crippen LogP contribution is -1.72. The molecule has 0 fully saturated rings. The maximum Gasteiger partial charge on any atom is -0.0398 e. The van der Waals surface area contributed by atoms with Gasteiger partial charge in [0.1, 0.15) is 0 Å². The highest BCUT2D eigenvalue weighted by molar-refractivity contribution is 5.27. The number of rotatable bonds is 2. The molecule has 0 radical (unpaired) electrons. The van der Waals surface area contributed by atoms with Crippen LogP contribution in [0.15, 0.2) is 35.5 Å². The molecule has 0 rings (SSSR count). The Labute approximate surface area is 64.0 Å². The first kappa shape index (κ1) is 9.22. The smallest absolute Gasteiger partial charge is 0.0398 e. The monoisotopic (exact) mass is 136 g/mol. The zero-order valence-corrected chi connectivity index (χ0v) is 7.36. The van der Waals surface area contributed by atoms with Gasteiger partial charge in [0.05, 0.1) is 0 Å². The van der Waals surface area contributed by atoms with Gasteiger partial charge in [0.15, 0.2) is 0 Å². The van der Waals surface area contributed by atoms with E-state index in [9.17, 15) is 0 Å². The second-order valence-electron chi connectivity index (χ2n) is 2.96. The fraction of sp³-hybridized carbons (Fsp3) is 0.400. The molecular weight excluding hydrogens is 120 g/mol. The van der Waals surface area contributed by atoms with Crippen molar-refractivity contribution in [2.75, 3.05) is 0 Å². The summed E-state index contributed by atoms with van der Waals surface area (Å²) in [4.78, 5) is 0. The molecule has 0 aromatic carbocycles. The van der Waals surface area contributed by atoms with E-state index >= 15 is 0 Å². The molecule has 0 nitrogen and oxygen atoms in total. The standard InChI is InChI=1S/C10H16/c1-8(2)6-10(5)7-9(3)4/h6-7H,1H2,2-5H3. The Kier molecular flexibility index (Phi) is 3.78. The molecule has 0 aromatic rings. The molecule has 0 atom stereocenters. The second kappa shape index (κ2) is 4.10. The van der Waals surface area contributed by atoms with E-state index in [0.717, 1.165) is 5.57 Å². The molecule has 0 aliphatic carbocycles. The predicted octanol–water partition coefficient (Wildman–Crippen LogP) is 3.48. The number of hydrogen-bond donors (Lipinski definition) is 0. The molecule has 0 unspecified atom stereocenters. The van der Waals surface area contributed by atoms with E-state index in [4.69, 9.17) is 0 Å². The summed E-state index contributed by atoms with van der Waals surface area (Å²) in [5.41, 5.74) is 3.71. The van der Waals surface area contributed by atoms with Crippen LogP contribution in [-0.2, 0) is 0 Å². The molecule has 0 heterocycles. The van der Waals surface area contributed by atoms with Crippen molar-refractivity contribution in [3.8, 4) is 0 Å². The lowest BCUT2D eigenvalue weighted by atomic mass is 10.1. The van der Waals surface area contributed by atoms with Gasteiger partial charge in [-0.3, -0.25) is 0 Å². The summed E-state index contributed by atoms with van der Waals surface area (Å²) in [7, 11) is 0. The minimum absolute atomic E-state index is 1.11. The maximum absolute atomic E-state index is 3.80. The normalized spacial score (nSPS) is 11.0. The van der Waals surface area contributed by atoms with E-state index in [-0.39, 0.29) is 0 Å². The Morgan fingerprint density at radius 3 is 1.80 bits per heavy atom. The second-order valence-corrected chi connectivity index (χ2v) is 2.96. The van der Waals surface area contributed by atoms with Gasteiger partial charge in [0, 0.05) is 0 Å². The molecule has 0 amide bonds. The van der Waals surface area contributed by atoms with Gasteiger partial charge in [-0.15, -0.1) is 0 Å². The van der Waals surface area contributed by atoms with Gasteiger partial charge in [-0.25, -0.2) is 0 Å². The van der Waals surface area contributed by atoms with Gasteiger partial charge in [-0.2, -0.15) is 0 Å². The van der Waals surface area contributed by atoms with Gasteiger partial charge in [0.25, 0.3) is 0 Å². The molecular formula is C10H16. The van der Waals surface area contributed by atoms with Crippen LogP contribution in [-0.4, -0.2) is 0 Å². The summed E-state index contributed by atoms with van der Waals surface area (Å²) in [6.45, 7) is 12.1. The Morgan fingerprint density at radius 2 is 1.50 bits per heavy atom. The number of allylic oxidation sites excluding steroid dienone is 5. The van der Waals surface area contributed by atoms with Crippen LogP contribution in [0.25, 0.3) is 0 Å². The van der Waals surface area contributed by atoms with Gasteiger partial charge in [-0.1, -0.05) is 35.5 Å². The zero-order valence-electron chi connectivity index (χ0n) is 7.36. The average molecular weight is 136 g/mol. The van der Waals surface area contributed by atoms with E-state index in [0.29, 0.717) is 0 Å². The molecule has 56 valence electrons. The van der Waals surface area contributed by atoms with Crippen molar-refractivity contribution in [1.29, 1.82) is 0 Å². The molecule has 10 heavy (non-hydrogen) atoms.